The number of aliphatic hydroxyl groups excluding tert-OH is 2. The Labute approximate surface area is 216 Å². The zero-order valence-electron chi connectivity index (χ0n) is 21.2. The fourth-order valence-corrected chi connectivity index (χ4v) is 5.59. The Kier molecular flexibility index (Phi) is 5.60. The molecule has 4 N–H and O–H groups in total. The number of phenolic OH excluding ortho intramolecular Hbond substituents is 1. The van der Waals surface area contributed by atoms with E-state index in [0.717, 1.165) is 5.56 Å². The van der Waals surface area contributed by atoms with Crippen LogP contribution in [-0.4, -0.2) is 65.2 Å². The number of hydrogen-bond donors (Lipinski definition) is 4. The smallest absolute Gasteiger partial charge is 0.344 e. The van der Waals surface area contributed by atoms with Crippen LogP contribution in [0.25, 0.3) is 32.5 Å². The molecule has 0 saturated carbocycles. The van der Waals surface area contributed by atoms with Crippen LogP contribution in [0.15, 0.2) is 39.5 Å². The second kappa shape index (κ2) is 8.55. The second-order valence-corrected chi connectivity index (χ2v) is 10.1. The van der Waals surface area contributed by atoms with E-state index in [9.17, 15) is 25.2 Å². The zero-order chi connectivity index (χ0) is 27.1. The number of ether oxygens (including phenoxy) is 4. The Morgan fingerprint density at radius 3 is 2.32 bits per heavy atom. The largest absolute Gasteiger partial charge is 0.507 e. The van der Waals surface area contributed by atoms with E-state index >= 15 is 0 Å². The highest BCUT2D eigenvalue weighted by atomic mass is 16.6. The SMILES string of the molecule is COc1cc2c(oc(=O)c3cc(C4CO4)cc(OC)c32)c2c(C3OC(C)C(O)C(C)(O)C3O)ccc(O)c12. The Morgan fingerprint density at radius 1 is 0.974 bits per heavy atom. The summed E-state index contributed by atoms with van der Waals surface area (Å²) in [6, 6.07) is 8.12. The van der Waals surface area contributed by atoms with Crippen molar-refractivity contribution in [2.24, 2.45) is 0 Å². The summed E-state index contributed by atoms with van der Waals surface area (Å²) in [5, 5.41) is 45.1. The molecule has 6 rings (SSSR count). The highest BCUT2D eigenvalue weighted by Crippen LogP contribution is 2.48. The predicted octanol–water partition coefficient (Wildman–Crippen LogP) is 2.83. The number of benzene rings is 3. The molecule has 38 heavy (non-hydrogen) atoms. The van der Waals surface area contributed by atoms with Crippen LogP contribution in [0.5, 0.6) is 17.2 Å². The molecule has 0 bridgehead atoms. The molecule has 10 nitrogen and oxygen atoms in total. The van der Waals surface area contributed by atoms with Gasteiger partial charge < -0.3 is 43.8 Å². The summed E-state index contributed by atoms with van der Waals surface area (Å²) in [7, 11) is 2.95. The van der Waals surface area contributed by atoms with Crippen molar-refractivity contribution in [1.29, 1.82) is 0 Å². The Hall–Kier alpha value is -3.41. The molecule has 2 aliphatic heterocycles. The number of hydrogen-bond acceptors (Lipinski definition) is 10. The Morgan fingerprint density at radius 2 is 1.66 bits per heavy atom. The number of phenols is 1. The van der Waals surface area contributed by atoms with Gasteiger partial charge >= 0.3 is 5.63 Å². The normalized spacial score (nSPS) is 29.2. The molecule has 10 heteroatoms. The van der Waals surface area contributed by atoms with Crippen molar-refractivity contribution in [3.63, 3.8) is 0 Å². The number of fused-ring (bicyclic) bond motifs is 5. The molecule has 0 spiro atoms. The van der Waals surface area contributed by atoms with Crippen molar-refractivity contribution in [2.45, 2.75) is 50.0 Å². The van der Waals surface area contributed by atoms with Gasteiger partial charge in [-0.2, -0.15) is 0 Å². The molecule has 200 valence electrons. The van der Waals surface area contributed by atoms with Crippen LogP contribution < -0.4 is 15.1 Å². The second-order valence-electron chi connectivity index (χ2n) is 10.1. The van der Waals surface area contributed by atoms with Gasteiger partial charge in [0.2, 0.25) is 0 Å². The number of methoxy groups -OCH3 is 2. The maximum Gasteiger partial charge on any atom is 0.344 e. The molecule has 1 aromatic heterocycles. The van der Waals surface area contributed by atoms with E-state index in [2.05, 4.69) is 0 Å². The van der Waals surface area contributed by atoms with E-state index in [1.165, 1.54) is 33.3 Å². The lowest BCUT2D eigenvalue weighted by Crippen LogP contribution is -2.61. The van der Waals surface area contributed by atoms with E-state index in [-0.39, 0.29) is 34.0 Å². The number of epoxide rings is 1. The minimum absolute atomic E-state index is 0.117. The highest BCUT2D eigenvalue weighted by Gasteiger charge is 2.51. The Bertz CT molecular complexity index is 1650. The number of aliphatic hydroxyl groups is 3. The summed E-state index contributed by atoms with van der Waals surface area (Å²) in [5.41, 5.74) is -1.29. The standard InChI is InChI=1S/C28H28O10/c1-11-25(30)28(2,33)26(31)24(37-11)13-5-6-16(29)22-18(35-4)9-14-20-15(27(32)38-23(14)21(13)22)7-12(19-10-36-19)8-17(20)34-3/h5-9,11,19,24-26,29-31,33H,10H2,1-4H3. The van der Waals surface area contributed by atoms with Crippen LogP contribution in [-0.2, 0) is 9.47 Å². The third-order valence-electron chi connectivity index (χ3n) is 7.76. The van der Waals surface area contributed by atoms with Crippen molar-refractivity contribution >= 4 is 32.5 Å². The molecule has 0 radical (unpaired) electrons. The van der Waals surface area contributed by atoms with Crippen LogP contribution in [0.2, 0.25) is 0 Å². The van der Waals surface area contributed by atoms with E-state index in [4.69, 9.17) is 23.4 Å². The molecule has 3 aromatic carbocycles. The summed E-state index contributed by atoms with van der Waals surface area (Å²) < 4.78 is 28.6. The summed E-state index contributed by atoms with van der Waals surface area (Å²) >= 11 is 0. The molecule has 2 fully saturated rings. The number of rotatable bonds is 4. The molecule has 6 unspecified atom stereocenters. The van der Waals surface area contributed by atoms with Gasteiger partial charge in [0.25, 0.3) is 0 Å². The van der Waals surface area contributed by atoms with Gasteiger partial charge in [0.15, 0.2) is 0 Å². The highest BCUT2D eigenvalue weighted by molar-refractivity contribution is 6.19. The number of aromatic hydroxyl groups is 1. The third-order valence-corrected chi connectivity index (χ3v) is 7.76. The molecule has 6 atom stereocenters. The van der Waals surface area contributed by atoms with Gasteiger partial charge in [0.05, 0.1) is 37.7 Å². The van der Waals surface area contributed by atoms with Gasteiger partial charge in [-0.3, -0.25) is 0 Å². The molecule has 4 aromatic rings. The van der Waals surface area contributed by atoms with Gasteiger partial charge in [-0.1, -0.05) is 6.07 Å². The maximum atomic E-state index is 13.4. The van der Waals surface area contributed by atoms with Gasteiger partial charge in [-0.25, -0.2) is 4.79 Å². The van der Waals surface area contributed by atoms with E-state index in [1.54, 1.807) is 19.1 Å². The lowest BCUT2D eigenvalue weighted by atomic mass is 9.80. The van der Waals surface area contributed by atoms with Crippen LogP contribution in [0.4, 0.5) is 0 Å². The first-order valence-corrected chi connectivity index (χ1v) is 12.2. The molecule has 2 aliphatic rings. The van der Waals surface area contributed by atoms with Crippen molar-refractivity contribution in [2.75, 3.05) is 20.8 Å². The average Bonchev–Trinajstić information content (AvgIpc) is 3.75. The molecular weight excluding hydrogens is 496 g/mol. The van der Waals surface area contributed by atoms with E-state index in [1.807, 2.05) is 6.07 Å². The zero-order valence-corrected chi connectivity index (χ0v) is 21.2. The van der Waals surface area contributed by atoms with Gasteiger partial charge in [0.1, 0.15) is 52.8 Å². The lowest BCUT2D eigenvalue weighted by Gasteiger charge is -2.46. The first kappa shape index (κ1) is 24.9. The minimum atomic E-state index is -1.90. The van der Waals surface area contributed by atoms with Crippen LogP contribution >= 0.6 is 0 Å². The summed E-state index contributed by atoms with van der Waals surface area (Å²) in [6.07, 6.45) is -4.99. The molecule has 0 aliphatic carbocycles. The van der Waals surface area contributed by atoms with Crippen molar-refractivity contribution in [3.8, 4) is 17.2 Å². The predicted molar refractivity (Wildman–Crippen MR) is 137 cm³/mol. The minimum Gasteiger partial charge on any atom is -0.507 e. The fourth-order valence-electron chi connectivity index (χ4n) is 5.59. The molecular formula is C28H28O10. The lowest BCUT2D eigenvalue weighted by molar-refractivity contribution is -0.261. The van der Waals surface area contributed by atoms with Crippen molar-refractivity contribution in [3.05, 3.63) is 51.9 Å². The monoisotopic (exact) mass is 524 g/mol. The first-order chi connectivity index (χ1) is 18.1. The van der Waals surface area contributed by atoms with Crippen LogP contribution in [0, 0.1) is 0 Å². The van der Waals surface area contributed by atoms with Gasteiger partial charge in [-0.05, 0) is 49.2 Å². The molecule has 0 amide bonds. The Balaban J connectivity index is 1.75. The van der Waals surface area contributed by atoms with Gasteiger partial charge in [0, 0.05) is 16.2 Å². The quantitative estimate of drug-likeness (QED) is 0.178. The van der Waals surface area contributed by atoms with Crippen molar-refractivity contribution in [1.82, 2.24) is 0 Å². The average molecular weight is 525 g/mol. The molecule has 2 saturated heterocycles. The third kappa shape index (κ3) is 3.49. The van der Waals surface area contributed by atoms with Gasteiger partial charge in [-0.15, -0.1) is 0 Å². The topological polar surface area (TPSA) is 151 Å². The first-order valence-electron chi connectivity index (χ1n) is 12.2. The van der Waals surface area contributed by atoms with Crippen LogP contribution in [0.1, 0.15) is 37.2 Å². The summed E-state index contributed by atoms with van der Waals surface area (Å²) in [4.78, 5) is 13.4. The van der Waals surface area contributed by atoms with E-state index < -0.39 is 35.6 Å². The maximum absolute atomic E-state index is 13.4. The summed E-state index contributed by atoms with van der Waals surface area (Å²) in [5.74, 6) is 0.565. The molecule has 3 heterocycles. The van der Waals surface area contributed by atoms with Crippen molar-refractivity contribution < 1.29 is 43.8 Å². The van der Waals surface area contributed by atoms with E-state index in [0.29, 0.717) is 34.1 Å². The fraction of sp³-hybridized carbons (Fsp3) is 0.393. The summed E-state index contributed by atoms with van der Waals surface area (Å²) in [6.45, 7) is 3.46. The van der Waals surface area contributed by atoms with Crippen LogP contribution in [0.3, 0.4) is 0 Å².